The summed E-state index contributed by atoms with van der Waals surface area (Å²) in [5, 5.41) is 18.6. The molecule has 4 nitrogen and oxygen atoms in total. The minimum absolute atomic E-state index is 0.0249. The normalized spacial score (nSPS) is 12.1. The van der Waals surface area contributed by atoms with E-state index in [1.165, 1.54) is 18.2 Å². The fourth-order valence-corrected chi connectivity index (χ4v) is 1.57. The molecule has 5 heteroatoms. The molecule has 1 atom stereocenters. The largest absolute Gasteiger partial charge is 0.506 e. The summed E-state index contributed by atoms with van der Waals surface area (Å²) in [7, 11) is 0. The van der Waals surface area contributed by atoms with E-state index < -0.39 is 12.0 Å². The molecule has 1 rings (SSSR count). The first-order valence-electron chi connectivity index (χ1n) is 4.11. The molecule has 0 spiro atoms. The number of hydrogen-bond acceptors (Lipinski definition) is 3. The summed E-state index contributed by atoms with van der Waals surface area (Å²) in [5.41, 5.74) is 5.77. The van der Waals surface area contributed by atoms with Crippen molar-refractivity contribution in [2.75, 3.05) is 0 Å². The van der Waals surface area contributed by atoms with Crippen molar-refractivity contribution in [3.05, 3.63) is 40.4 Å². The molecular weight excluding hydrogens is 262 g/mol. The lowest BCUT2D eigenvalue weighted by Crippen LogP contribution is -2.13. The predicted octanol–water partition coefficient (Wildman–Crippen LogP) is 2.04. The molecule has 1 aromatic rings. The number of phenolic OH excluding ortho intramolecular Hbond substituents is 1. The third kappa shape index (κ3) is 2.19. The zero-order valence-corrected chi connectivity index (χ0v) is 9.36. The third-order valence-corrected chi connectivity index (χ3v) is 2.63. The smallest absolute Gasteiger partial charge is 0.336 e. The number of aromatic carboxylic acids is 1. The molecule has 0 saturated heterocycles. The van der Waals surface area contributed by atoms with Crippen LogP contribution in [-0.2, 0) is 0 Å². The van der Waals surface area contributed by atoms with Gasteiger partial charge >= 0.3 is 5.97 Å². The van der Waals surface area contributed by atoms with Crippen LogP contribution >= 0.6 is 15.9 Å². The van der Waals surface area contributed by atoms with Gasteiger partial charge in [-0.2, -0.15) is 0 Å². The first kappa shape index (κ1) is 11.7. The highest BCUT2D eigenvalue weighted by Crippen LogP contribution is 2.34. The Labute approximate surface area is 95.2 Å². The van der Waals surface area contributed by atoms with Crippen molar-refractivity contribution in [3.8, 4) is 5.75 Å². The van der Waals surface area contributed by atoms with Crippen molar-refractivity contribution in [1.29, 1.82) is 0 Å². The Hall–Kier alpha value is -1.33. The number of carboxylic acids is 1. The Morgan fingerprint density at radius 1 is 1.60 bits per heavy atom. The number of hydrogen-bond donors (Lipinski definition) is 3. The zero-order chi connectivity index (χ0) is 11.6. The fourth-order valence-electron chi connectivity index (χ4n) is 1.22. The van der Waals surface area contributed by atoms with Gasteiger partial charge in [0.15, 0.2) is 0 Å². The molecule has 0 saturated carbocycles. The molecule has 0 unspecified atom stereocenters. The minimum atomic E-state index is -1.13. The summed E-state index contributed by atoms with van der Waals surface area (Å²) < 4.78 is 0.403. The highest BCUT2D eigenvalue weighted by molar-refractivity contribution is 9.10. The van der Waals surface area contributed by atoms with Gasteiger partial charge in [0.2, 0.25) is 0 Å². The van der Waals surface area contributed by atoms with Crippen LogP contribution in [0.5, 0.6) is 5.75 Å². The van der Waals surface area contributed by atoms with Crippen molar-refractivity contribution in [2.45, 2.75) is 6.04 Å². The monoisotopic (exact) mass is 271 g/mol. The van der Waals surface area contributed by atoms with Gasteiger partial charge in [-0.1, -0.05) is 6.08 Å². The maximum Gasteiger partial charge on any atom is 0.336 e. The van der Waals surface area contributed by atoms with Gasteiger partial charge in [0.1, 0.15) is 5.75 Å². The van der Waals surface area contributed by atoms with Crippen LogP contribution in [0.15, 0.2) is 29.3 Å². The molecule has 0 bridgehead atoms. The van der Waals surface area contributed by atoms with E-state index in [-0.39, 0.29) is 16.9 Å². The minimum Gasteiger partial charge on any atom is -0.506 e. The van der Waals surface area contributed by atoms with Crippen molar-refractivity contribution in [3.63, 3.8) is 0 Å². The van der Waals surface area contributed by atoms with Gasteiger partial charge in [-0.05, 0) is 28.1 Å². The number of nitrogens with two attached hydrogens (primary N) is 1. The van der Waals surface area contributed by atoms with E-state index in [0.29, 0.717) is 4.47 Å². The standard InChI is InChI=1S/C10H10BrNO3/c1-2-7(12)8-5(10(14)15)3-4-6(11)9(8)13/h2-4,7,13H,1,12H2,(H,14,15)/t7-/m1/s1. The van der Waals surface area contributed by atoms with Gasteiger partial charge in [0.05, 0.1) is 16.1 Å². The molecule has 15 heavy (non-hydrogen) atoms. The lowest BCUT2D eigenvalue weighted by molar-refractivity contribution is 0.0694. The highest BCUT2D eigenvalue weighted by atomic mass is 79.9. The predicted molar refractivity (Wildman–Crippen MR) is 59.9 cm³/mol. The van der Waals surface area contributed by atoms with Crippen LogP contribution in [0.2, 0.25) is 0 Å². The lowest BCUT2D eigenvalue weighted by Gasteiger charge is -2.13. The van der Waals surface area contributed by atoms with Crippen molar-refractivity contribution < 1.29 is 15.0 Å². The second kappa shape index (κ2) is 4.46. The van der Waals surface area contributed by atoms with Crippen LogP contribution in [-0.4, -0.2) is 16.2 Å². The Balaban J connectivity index is 3.48. The van der Waals surface area contributed by atoms with E-state index in [1.807, 2.05) is 0 Å². The van der Waals surface area contributed by atoms with Crippen LogP contribution in [0.25, 0.3) is 0 Å². The average Bonchev–Trinajstić information content (AvgIpc) is 2.20. The van der Waals surface area contributed by atoms with Gasteiger partial charge in [-0.3, -0.25) is 0 Å². The maximum atomic E-state index is 10.9. The molecule has 0 radical (unpaired) electrons. The molecule has 80 valence electrons. The van der Waals surface area contributed by atoms with Gasteiger partial charge in [0.25, 0.3) is 0 Å². The Kier molecular flexibility index (Phi) is 3.49. The second-order valence-electron chi connectivity index (χ2n) is 2.92. The van der Waals surface area contributed by atoms with Crippen molar-refractivity contribution in [2.24, 2.45) is 5.73 Å². The molecule has 0 fully saturated rings. The van der Waals surface area contributed by atoms with Crippen molar-refractivity contribution >= 4 is 21.9 Å². The Morgan fingerprint density at radius 3 is 2.67 bits per heavy atom. The number of carbonyl (C=O) groups is 1. The molecule has 1 aromatic carbocycles. The molecule has 0 aliphatic carbocycles. The quantitative estimate of drug-likeness (QED) is 0.735. The number of carboxylic acid groups (broad SMARTS) is 1. The molecule has 0 aliphatic heterocycles. The van der Waals surface area contributed by atoms with Crippen LogP contribution in [0.4, 0.5) is 0 Å². The Bertz CT molecular complexity index is 417. The Morgan fingerprint density at radius 2 is 2.20 bits per heavy atom. The molecule has 0 aliphatic rings. The topological polar surface area (TPSA) is 83.6 Å². The average molecular weight is 272 g/mol. The van der Waals surface area contributed by atoms with E-state index in [4.69, 9.17) is 10.8 Å². The van der Waals surface area contributed by atoms with Crippen LogP contribution in [0.3, 0.4) is 0 Å². The summed E-state index contributed by atoms with van der Waals surface area (Å²) in [4.78, 5) is 10.9. The maximum absolute atomic E-state index is 10.9. The number of phenols is 1. The van der Waals surface area contributed by atoms with Crippen LogP contribution < -0.4 is 5.73 Å². The van der Waals surface area contributed by atoms with Crippen LogP contribution in [0.1, 0.15) is 22.0 Å². The number of benzene rings is 1. The van der Waals surface area contributed by atoms with E-state index >= 15 is 0 Å². The van der Waals surface area contributed by atoms with E-state index in [9.17, 15) is 9.90 Å². The molecule has 0 heterocycles. The zero-order valence-electron chi connectivity index (χ0n) is 7.77. The summed E-state index contributed by atoms with van der Waals surface area (Å²) >= 11 is 3.09. The SMILES string of the molecule is C=C[C@@H](N)c1c(C(=O)O)ccc(Br)c1O. The molecule has 0 aromatic heterocycles. The number of halogens is 1. The van der Waals surface area contributed by atoms with Crippen molar-refractivity contribution in [1.82, 2.24) is 0 Å². The second-order valence-corrected chi connectivity index (χ2v) is 3.78. The number of aromatic hydroxyl groups is 1. The summed E-state index contributed by atoms with van der Waals surface area (Å²) in [6, 6.07) is 2.12. The van der Waals surface area contributed by atoms with Gasteiger partial charge in [0, 0.05) is 5.56 Å². The first-order valence-corrected chi connectivity index (χ1v) is 4.91. The summed E-state index contributed by atoms with van der Waals surface area (Å²) in [6.07, 6.45) is 1.37. The third-order valence-electron chi connectivity index (χ3n) is 1.99. The lowest BCUT2D eigenvalue weighted by atomic mass is 10.00. The molecular formula is C10H10BrNO3. The van der Waals surface area contributed by atoms with Gasteiger partial charge in [-0.15, -0.1) is 6.58 Å². The highest BCUT2D eigenvalue weighted by Gasteiger charge is 2.19. The van der Waals surface area contributed by atoms with E-state index in [0.717, 1.165) is 0 Å². The molecule has 0 amide bonds. The van der Waals surface area contributed by atoms with Gasteiger partial charge < -0.3 is 15.9 Å². The molecule has 4 N–H and O–H groups in total. The fraction of sp³-hybridized carbons (Fsp3) is 0.100. The van der Waals surface area contributed by atoms with E-state index in [1.54, 1.807) is 0 Å². The first-order chi connectivity index (χ1) is 6.99. The van der Waals surface area contributed by atoms with Crippen LogP contribution in [0, 0.1) is 0 Å². The summed E-state index contributed by atoms with van der Waals surface area (Å²) in [6.45, 7) is 3.46. The van der Waals surface area contributed by atoms with Gasteiger partial charge in [-0.25, -0.2) is 4.79 Å². The summed E-state index contributed by atoms with van der Waals surface area (Å²) in [5.74, 6) is -1.30. The number of rotatable bonds is 3. The van der Waals surface area contributed by atoms with E-state index in [2.05, 4.69) is 22.5 Å².